The smallest absolute Gasteiger partial charge is 0.0617 e. The van der Waals surface area contributed by atoms with Crippen LogP contribution in [0.4, 0.5) is 0 Å². The van der Waals surface area contributed by atoms with Gasteiger partial charge in [-0.15, -0.1) is 0 Å². The molecule has 1 heteroatoms. The summed E-state index contributed by atoms with van der Waals surface area (Å²) < 4.78 is 0.0907. The number of alkyl halides is 1. The molecule has 0 aromatic heterocycles. The highest BCUT2D eigenvalue weighted by atomic mass is 79.9. The van der Waals surface area contributed by atoms with Crippen LogP contribution in [0, 0.1) is 0 Å². The van der Waals surface area contributed by atoms with Gasteiger partial charge in [0, 0.05) is 5.92 Å². The Morgan fingerprint density at radius 3 is 2.33 bits per heavy atom. The molecule has 0 amide bonds. The molecule has 18 heavy (non-hydrogen) atoms. The molecule has 0 fully saturated rings. The van der Waals surface area contributed by atoms with E-state index in [4.69, 9.17) is 0 Å². The second-order valence-corrected chi connectivity index (χ2v) is 6.51. The first-order valence-electron chi connectivity index (χ1n) is 6.86. The van der Waals surface area contributed by atoms with Crippen LogP contribution in [-0.4, -0.2) is 4.32 Å². The Hall–Kier alpha value is -0.820. The summed E-state index contributed by atoms with van der Waals surface area (Å²) in [6, 6.07) is 10.7. The van der Waals surface area contributed by atoms with Gasteiger partial charge in [-0.25, -0.2) is 0 Å². The van der Waals surface area contributed by atoms with Gasteiger partial charge in [-0.1, -0.05) is 96.8 Å². The Labute approximate surface area is 119 Å². The predicted molar refractivity (Wildman–Crippen MR) is 83.3 cm³/mol. The minimum absolute atomic E-state index is 0.0907. The molecule has 0 saturated carbocycles. The molecule has 1 aliphatic carbocycles. The maximum absolute atomic E-state index is 3.85. The van der Waals surface area contributed by atoms with Gasteiger partial charge in [-0.2, -0.15) is 0 Å². The van der Waals surface area contributed by atoms with E-state index >= 15 is 0 Å². The summed E-state index contributed by atoms with van der Waals surface area (Å²) in [5.74, 6) is 0.433. The number of rotatable bonds is 5. The van der Waals surface area contributed by atoms with E-state index in [1.54, 1.807) is 0 Å². The average Bonchev–Trinajstić information content (AvgIpc) is 2.41. The third-order valence-corrected chi connectivity index (χ3v) is 4.43. The summed E-state index contributed by atoms with van der Waals surface area (Å²) >= 11 is 3.85. The zero-order valence-corrected chi connectivity index (χ0v) is 12.6. The summed E-state index contributed by atoms with van der Waals surface area (Å²) in [5.41, 5.74) is 1.37. The lowest BCUT2D eigenvalue weighted by molar-refractivity contribution is 0.637. The molecule has 0 heterocycles. The standard InChI is InChI=1S/C17H21Br/c1-2-3-7-12-17(18)13-10-16(11-14-17)15-8-5-4-6-9-15/h4-6,8-11,13-14,16H,2-3,7,12H2,1H3. The van der Waals surface area contributed by atoms with E-state index < -0.39 is 0 Å². The van der Waals surface area contributed by atoms with Gasteiger partial charge in [0.25, 0.3) is 0 Å². The van der Waals surface area contributed by atoms with Crippen LogP contribution in [0.2, 0.25) is 0 Å². The fourth-order valence-electron chi connectivity index (χ4n) is 2.36. The van der Waals surface area contributed by atoms with Gasteiger partial charge in [0.05, 0.1) is 4.32 Å². The second kappa shape index (κ2) is 6.38. The topological polar surface area (TPSA) is 0 Å². The van der Waals surface area contributed by atoms with Gasteiger partial charge in [0.2, 0.25) is 0 Å². The van der Waals surface area contributed by atoms with Crippen molar-refractivity contribution in [2.75, 3.05) is 0 Å². The maximum atomic E-state index is 3.85. The maximum Gasteiger partial charge on any atom is 0.0617 e. The highest BCUT2D eigenvalue weighted by Gasteiger charge is 2.23. The van der Waals surface area contributed by atoms with Crippen molar-refractivity contribution in [3.63, 3.8) is 0 Å². The van der Waals surface area contributed by atoms with Gasteiger partial charge in [-0.3, -0.25) is 0 Å². The molecule has 0 spiro atoms. The van der Waals surface area contributed by atoms with Crippen LogP contribution in [0.3, 0.4) is 0 Å². The lowest BCUT2D eigenvalue weighted by Crippen LogP contribution is -2.17. The Morgan fingerprint density at radius 1 is 1.06 bits per heavy atom. The van der Waals surface area contributed by atoms with E-state index in [0.29, 0.717) is 5.92 Å². The molecular weight excluding hydrogens is 284 g/mol. The number of benzene rings is 1. The van der Waals surface area contributed by atoms with Crippen molar-refractivity contribution in [3.8, 4) is 0 Å². The van der Waals surface area contributed by atoms with Crippen LogP contribution in [-0.2, 0) is 0 Å². The number of halogens is 1. The first-order chi connectivity index (χ1) is 8.73. The van der Waals surface area contributed by atoms with Crippen molar-refractivity contribution >= 4 is 15.9 Å². The summed E-state index contributed by atoms with van der Waals surface area (Å²) in [4.78, 5) is 0. The van der Waals surface area contributed by atoms with Crippen LogP contribution >= 0.6 is 15.9 Å². The van der Waals surface area contributed by atoms with E-state index in [-0.39, 0.29) is 4.32 Å². The Kier molecular flexibility index (Phi) is 4.82. The second-order valence-electron chi connectivity index (χ2n) is 5.04. The van der Waals surface area contributed by atoms with E-state index in [2.05, 4.69) is 77.5 Å². The average molecular weight is 305 g/mol. The van der Waals surface area contributed by atoms with Gasteiger partial charge < -0.3 is 0 Å². The molecule has 0 atom stereocenters. The molecule has 0 nitrogen and oxygen atoms in total. The Balaban J connectivity index is 1.98. The third kappa shape index (κ3) is 3.58. The van der Waals surface area contributed by atoms with Gasteiger partial charge >= 0.3 is 0 Å². The van der Waals surface area contributed by atoms with Crippen molar-refractivity contribution in [3.05, 3.63) is 60.2 Å². The molecule has 1 aliphatic rings. The zero-order valence-electron chi connectivity index (χ0n) is 11.0. The SMILES string of the molecule is CCCCCC1(Br)C=CC(c2ccccc2)C=C1. The largest absolute Gasteiger partial charge is 0.0762 e. The van der Waals surface area contributed by atoms with Gasteiger partial charge in [0.15, 0.2) is 0 Å². The quantitative estimate of drug-likeness (QED) is 0.377. The summed E-state index contributed by atoms with van der Waals surface area (Å²) in [6.45, 7) is 2.25. The van der Waals surface area contributed by atoms with Crippen molar-refractivity contribution < 1.29 is 0 Å². The van der Waals surface area contributed by atoms with E-state index in [9.17, 15) is 0 Å². The molecule has 2 rings (SSSR count). The highest BCUT2D eigenvalue weighted by Crippen LogP contribution is 2.35. The van der Waals surface area contributed by atoms with Crippen molar-refractivity contribution in [2.24, 2.45) is 0 Å². The molecule has 0 radical (unpaired) electrons. The van der Waals surface area contributed by atoms with E-state index in [1.807, 2.05) is 0 Å². The van der Waals surface area contributed by atoms with E-state index in [1.165, 1.54) is 31.2 Å². The zero-order chi connectivity index (χ0) is 12.8. The molecule has 0 saturated heterocycles. The van der Waals surface area contributed by atoms with Crippen LogP contribution in [0.5, 0.6) is 0 Å². The normalized spacial score (nSPS) is 26.4. The Morgan fingerprint density at radius 2 is 1.72 bits per heavy atom. The number of unbranched alkanes of at least 4 members (excludes halogenated alkanes) is 2. The van der Waals surface area contributed by atoms with Crippen LogP contribution in [0.15, 0.2) is 54.6 Å². The van der Waals surface area contributed by atoms with Crippen LogP contribution in [0.1, 0.15) is 44.1 Å². The third-order valence-electron chi connectivity index (χ3n) is 3.51. The molecule has 1 aromatic carbocycles. The van der Waals surface area contributed by atoms with Crippen molar-refractivity contribution in [1.29, 1.82) is 0 Å². The van der Waals surface area contributed by atoms with Crippen LogP contribution in [0.25, 0.3) is 0 Å². The van der Waals surface area contributed by atoms with Crippen molar-refractivity contribution in [1.82, 2.24) is 0 Å². The predicted octanol–water partition coefficient (Wildman–Crippen LogP) is 5.61. The summed E-state index contributed by atoms with van der Waals surface area (Å²) in [6.07, 6.45) is 14.3. The minimum Gasteiger partial charge on any atom is -0.0762 e. The lowest BCUT2D eigenvalue weighted by Gasteiger charge is -2.25. The minimum atomic E-state index is 0.0907. The molecule has 0 aliphatic heterocycles. The summed E-state index contributed by atoms with van der Waals surface area (Å²) in [7, 11) is 0. The molecule has 0 bridgehead atoms. The first-order valence-corrected chi connectivity index (χ1v) is 7.65. The molecule has 1 aromatic rings. The number of allylic oxidation sites excluding steroid dienone is 4. The number of hydrogen-bond donors (Lipinski definition) is 0. The highest BCUT2D eigenvalue weighted by molar-refractivity contribution is 9.10. The first kappa shape index (κ1) is 13.6. The van der Waals surface area contributed by atoms with Gasteiger partial charge in [0.1, 0.15) is 0 Å². The van der Waals surface area contributed by atoms with Crippen molar-refractivity contribution in [2.45, 2.75) is 42.8 Å². The lowest BCUT2D eigenvalue weighted by atomic mass is 9.88. The fraction of sp³-hybridized carbons (Fsp3) is 0.412. The molecule has 0 unspecified atom stereocenters. The fourth-order valence-corrected chi connectivity index (χ4v) is 2.94. The van der Waals surface area contributed by atoms with E-state index in [0.717, 1.165) is 0 Å². The Bertz CT molecular complexity index is 402. The molecule has 0 N–H and O–H groups in total. The number of hydrogen-bond acceptors (Lipinski definition) is 0. The summed E-state index contributed by atoms with van der Waals surface area (Å²) in [5, 5.41) is 0. The van der Waals surface area contributed by atoms with Gasteiger partial charge in [-0.05, 0) is 12.0 Å². The monoisotopic (exact) mass is 304 g/mol. The van der Waals surface area contributed by atoms with Crippen LogP contribution < -0.4 is 0 Å². The molecule has 96 valence electrons. The molecular formula is C17H21Br.